The first-order chi connectivity index (χ1) is 9.39. The van der Waals surface area contributed by atoms with Crippen molar-refractivity contribution in [3.8, 4) is 0 Å². The number of primary amides is 1. The first kappa shape index (κ1) is 16.8. The first-order valence-corrected chi connectivity index (χ1v) is 8.77. The van der Waals surface area contributed by atoms with Crippen molar-refractivity contribution < 1.29 is 13.2 Å². The molecule has 5 N–H and O–H groups in total. The fourth-order valence-corrected chi connectivity index (χ4v) is 3.77. The lowest BCUT2D eigenvalue weighted by Crippen LogP contribution is -2.29. The van der Waals surface area contributed by atoms with E-state index in [0.717, 1.165) is 4.90 Å². The lowest BCUT2D eigenvalue weighted by Gasteiger charge is -2.06. The average Bonchev–Trinajstić information content (AvgIpc) is 2.37. The normalized spacial score (nSPS) is 11.4. The van der Waals surface area contributed by atoms with Crippen LogP contribution in [0.25, 0.3) is 0 Å². The molecule has 1 aromatic rings. The van der Waals surface area contributed by atoms with Gasteiger partial charge in [-0.3, -0.25) is 4.79 Å². The lowest BCUT2D eigenvalue weighted by molar-refractivity contribution is -0.118. The highest BCUT2D eigenvalue weighted by molar-refractivity contribution is 8.00. The van der Waals surface area contributed by atoms with Crippen LogP contribution in [0.5, 0.6) is 0 Å². The SMILES string of the molecule is NC(=O)CCCNS(=O)(=O)CCSc1ccc(N)cc1. The van der Waals surface area contributed by atoms with Crippen LogP contribution in [0.1, 0.15) is 12.8 Å². The molecule has 0 spiro atoms. The number of thioether (sulfide) groups is 1. The molecule has 0 unspecified atom stereocenters. The van der Waals surface area contributed by atoms with Crippen LogP contribution in [0.4, 0.5) is 5.69 Å². The molecule has 0 saturated carbocycles. The molecule has 1 aromatic carbocycles. The number of carbonyl (C=O) groups excluding carboxylic acids is 1. The number of nitrogens with one attached hydrogen (secondary N) is 1. The monoisotopic (exact) mass is 317 g/mol. The fourth-order valence-electron chi connectivity index (χ4n) is 1.40. The van der Waals surface area contributed by atoms with E-state index in [9.17, 15) is 13.2 Å². The minimum absolute atomic E-state index is 0.0264. The van der Waals surface area contributed by atoms with Crippen molar-refractivity contribution >= 4 is 33.4 Å². The number of benzene rings is 1. The van der Waals surface area contributed by atoms with Gasteiger partial charge in [0.2, 0.25) is 15.9 Å². The number of nitrogen functional groups attached to an aromatic ring is 1. The molecule has 0 radical (unpaired) electrons. The summed E-state index contributed by atoms with van der Waals surface area (Å²) in [5, 5.41) is 0. The second kappa shape index (κ2) is 8.13. The molecule has 0 bridgehead atoms. The molecule has 8 heteroatoms. The van der Waals surface area contributed by atoms with Crippen LogP contribution in [-0.4, -0.2) is 32.4 Å². The molecule has 0 aromatic heterocycles. The predicted molar refractivity (Wildman–Crippen MR) is 81.8 cm³/mol. The number of anilines is 1. The number of carbonyl (C=O) groups is 1. The molecular weight excluding hydrogens is 298 g/mol. The Morgan fingerprint density at radius 2 is 1.90 bits per heavy atom. The van der Waals surface area contributed by atoms with Gasteiger partial charge in [0.1, 0.15) is 0 Å². The molecule has 20 heavy (non-hydrogen) atoms. The number of rotatable bonds is 9. The van der Waals surface area contributed by atoms with Crippen LogP contribution in [0.15, 0.2) is 29.2 Å². The Bertz CT molecular complexity index is 529. The van der Waals surface area contributed by atoms with Gasteiger partial charge in [0, 0.05) is 29.3 Å². The molecule has 0 atom stereocenters. The standard InChI is InChI=1S/C12H19N3O3S2/c13-10-3-5-11(6-4-10)19-8-9-20(17,18)15-7-1-2-12(14)16/h3-6,15H,1-2,7-9,13H2,(H2,14,16). The summed E-state index contributed by atoms with van der Waals surface area (Å²) in [6.07, 6.45) is 0.600. The van der Waals surface area contributed by atoms with Crippen molar-refractivity contribution in [3.63, 3.8) is 0 Å². The Morgan fingerprint density at radius 3 is 2.50 bits per heavy atom. The molecule has 0 aliphatic heterocycles. The van der Waals surface area contributed by atoms with Crippen LogP contribution in [0.3, 0.4) is 0 Å². The smallest absolute Gasteiger partial charge is 0.217 e. The zero-order valence-electron chi connectivity index (χ0n) is 11.0. The molecule has 0 saturated heterocycles. The number of sulfonamides is 1. The van der Waals surface area contributed by atoms with Crippen LogP contribution in [-0.2, 0) is 14.8 Å². The fraction of sp³-hybridized carbons (Fsp3) is 0.417. The summed E-state index contributed by atoms with van der Waals surface area (Å²) >= 11 is 1.45. The minimum atomic E-state index is -3.31. The van der Waals surface area contributed by atoms with Crippen LogP contribution >= 0.6 is 11.8 Å². The Balaban J connectivity index is 2.25. The van der Waals surface area contributed by atoms with Crippen molar-refractivity contribution in [2.24, 2.45) is 5.73 Å². The quantitative estimate of drug-likeness (QED) is 0.349. The Labute approximate surface area is 123 Å². The van der Waals surface area contributed by atoms with E-state index in [1.54, 1.807) is 12.1 Å². The topological polar surface area (TPSA) is 115 Å². The third kappa shape index (κ3) is 7.37. The molecule has 112 valence electrons. The van der Waals surface area contributed by atoms with Gasteiger partial charge in [0.25, 0.3) is 0 Å². The maximum Gasteiger partial charge on any atom is 0.217 e. The minimum Gasteiger partial charge on any atom is -0.399 e. The highest BCUT2D eigenvalue weighted by Crippen LogP contribution is 2.19. The number of nitrogens with two attached hydrogens (primary N) is 2. The van der Waals surface area contributed by atoms with E-state index in [0.29, 0.717) is 17.9 Å². The van der Waals surface area contributed by atoms with E-state index in [1.807, 2.05) is 12.1 Å². The van der Waals surface area contributed by atoms with Crippen molar-refractivity contribution in [1.29, 1.82) is 0 Å². The number of amides is 1. The number of hydrogen-bond donors (Lipinski definition) is 3. The predicted octanol–water partition coefficient (Wildman–Crippen LogP) is 0.546. The van der Waals surface area contributed by atoms with Crippen molar-refractivity contribution in [2.75, 3.05) is 23.8 Å². The van der Waals surface area contributed by atoms with E-state index in [4.69, 9.17) is 11.5 Å². The van der Waals surface area contributed by atoms with Crippen molar-refractivity contribution in [2.45, 2.75) is 17.7 Å². The van der Waals surface area contributed by atoms with Gasteiger partial charge in [0.15, 0.2) is 0 Å². The summed E-state index contributed by atoms with van der Waals surface area (Å²) in [5.74, 6) is 0.0522. The van der Waals surface area contributed by atoms with Gasteiger partial charge < -0.3 is 11.5 Å². The average molecular weight is 317 g/mol. The summed E-state index contributed by atoms with van der Waals surface area (Å²) < 4.78 is 25.8. The molecule has 1 amide bonds. The second-order valence-electron chi connectivity index (χ2n) is 4.20. The summed E-state index contributed by atoms with van der Waals surface area (Å²) in [5.41, 5.74) is 11.2. The Kier molecular flexibility index (Phi) is 6.83. The molecule has 0 aliphatic rings. The van der Waals surface area contributed by atoms with Crippen LogP contribution in [0.2, 0.25) is 0 Å². The highest BCUT2D eigenvalue weighted by Gasteiger charge is 2.09. The maximum absolute atomic E-state index is 11.7. The van der Waals surface area contributed by atoms with Gasteiger partial charge in [-0.15, -0.1) is 11.8 Å². The van der Waals surface area contributed by atoms with Gasteiger partial charge in [-0.2, -0.15) is 0 Å². The van der Waals surface area contributed by atoms with Crippen LogP contribution in [0, 0.1) is 0 Å². The lowest BCUT2D eigenvalue weighted by atomic mass is 10.3. The van der Waals surface area contributed by atoms with Crippen LogP contribution < -0.4 is 16.2 Å². The first-order valence-electron chi connectivity index (χ1n) is 6.13. The third-order valence-corrected chi connectivity index (χ3v) is 5.08. The maximum atomic E-state index is 11.7. The van der Waals surface area contributed by atoms with E-state index in [-0.39, 0.29) is 18.7 Å². The van der Waals surface area contributed by atoms with E-state index in [2.05, 4.69) is 4.72 Å². The molecular formula is C12H19N3O3S2. The van der Waals surface area contributed by atoms with Gasteiger partial charge >= 0.3 is 0 Å². The largest absolute Gasteiger partial charge is 0.399 e. The summed E-state index contributed by atoms with van der Waals surface area (Å²) in [7, 11) is -3.31. The zero-order chi connectivity index (χ0) is 15.0. The molecule has 6 nitrogen and oxygen atoms in total. The molecule has 1 rings (SSSR count). The van der Waals surface area contributed by atoms with Gasteiger partial charge in [-0.25, -0.2) is 13.1 Å². The number of hydrogen-bond acceptors (Lipinski definition) is 5. The summed E-state index contributed by atoms with van der Waals surface area (Å²) in [6.45, 7) is 0.234. The molecule has 0 heterocycles. The van der Waals surface area contributed by atoms with Gasteiger partial charge in [-0.05, 0) is 30.7 Å². The van der Waals surface area contributed by atoms with Gasteiger partial charge in [0.05, 0.1) is 5.75 Å². The van der Waals surface area contributed by atoms with E-state index in [1.165, 1.54) is 11.8 Å². The Morgan fingerprint density at radius 1 is 1.25 bits per heavy atom. The van der Waals surface area contributed by atoms with E-state index >= 15 is 0 Å². The molecule has 0 fully saturated rings. The second-order valence-corrected chi connectivity index (χ2v) is 7.30. The summed E-state index contributed by atoms with van der Waals surface area (Å²) in [6, 6.07) is 7.26. The third-order valence-electron chi connectivity index (χ3n) is 2.42. The van der Waals surface area contributed by atoms with E-state index < -0.39 is 15.9 Å². The molecule has 0 aliphatic carbocycles. The van der Waals surface area contributed by atoms with Gasteiger partial charge in [-0.1, -0.05) is 0 Å². The summed E-state index contributed by atoms with van der Waals surface area (Å²) in [4.78, 5) is 11.5. The highest BCUT2D eigenvalue weighted by atomic mass is 32.2. The zero-order valence-corrected chi connectivity index (χ0v) is 12.7. The van der Waals surface area contributed by atoms with Crippen molar-refractivity contribution in [1.82, 2.24) is 4.72 Å². The Hall–Kier alpha value is -1.25. The van der Waals surface area contributed by atoms with Crippen molar-refractivity contribution in [3.05, 3.63) is 24.3 Å².